The SMILES string of the molecule is CC(=O)Nc1nc2c(s1)CN(C(=O)c1ccno1)CC2. The van der Waals surface area contributed by atoms with Crippen LogP contribution in [0.15, 0.2) is 16.8 Å². The third-order valence-corrected chi connectivity index (χ3v) is 3.95. The van der Waals surface area contributed by atoms with Gasteiger partial charge in [-0.25, -0.2) is 4.98 Å². The summed E-state index contributed by atoms with van der Waals surface area (Å²) >= 11 is 1.40. The van der Waals surface area contributed by atoms with Crippen molar-refractivity contribution in [1.82, 2.24) is 15.0 Å². The number of hydrogen-bond acceptors (Lipinski definition) is 6. The summed E-state index contributed by atoms with van der Waals surface area (Å²) in [5.41, 5.74) is 0.945. The van der Waals surface area contributed by atoms with E-state index in [0.29, 0.717) is 24.6 Å². The second-order valence-electron chi connectivity index (χ2n) is 4.42. The van der Waals surface area contributed by atoms with E-state index >= 15 is 0 Å². The van der Waals surface area contributed by atoms with Crippen LogP contribution in [0, 0.1) is 0 Å². The van der Waals surface area contributed by atoms with Gasteiger partial charge in [-0.1, -0.05) is 16.5 Å². The topological polar surface area (TPSA) is 88.3 Å². The molecule has 20 heavy (non-hydrogen) atoms. The van der Waals surface area contributed by atoms with Gasteiger partial charge in [-0.2, -0.15) is 0 Å². The Labute approximate surface area is 118 Å². The van der Waals surface area contributed by atoms with Gasteiger partial charge in [0.15, 0.2) is 5.13 Å². The number of carbonyl (C=O) groups excluding carboxylic acids is 2. The average Bonchev–Trinajstić information content (AvgIpc) is 3.04. The molecule has 3 rings (SSSR count). The maximum absolute atomic E-state index is 12.2. The maximum atomic E-state index is 12.2. The minimum atomic E-state index is -0.178. The minimum absolute atomic E-state index is 0.148. The molecule has 0 fully saturated rings. The summed E-state index contributed by atoms with van der Waals surface area (Å²) in [6.45, 7) is 2.50. The van der Waals surface area contributed by atoms with E-state index in [1.54, 1.807) is 11.0 Å². The molecule has 104 valence electrons. The lowest BCUT2D eigenvalue weighted by atomic mass is 10.1. The van der Waals surface area contributed by atoms with Gasteiger partial charge >= 0.3 is 0 Å². The number of rotatable bonds is 2. The van der Waals surface area contributed by atoms with E-state index in [2.05, 4.69) is 15.5 Å². The fourth-order valence-electron chi connectivity index (χ4n) is 2.05. The number of nitrogens with zero attached hydrogens (tertiary/aromatic N) is 3. The van der Waals surface area contributed by atoms with E-state index in [-0.39, 0.29) is 17.6 Å². The van der Waals surface area contributed by atoms with Gasteiger partial charge in [0.25, 0.3) is 5.91 Å². The largest absolute Gasteiger partial charge is 0.351 e. The van der Waals surface area contributed by atoms with Gasteiger partial charge in [0.2, 0.25) is 11.7 Å². The molecular weight excluding hydrogens is 280 g/mol. The minimum Gasteiger partial charge on any atom is -0.351 e. The zero-order valence-corrected chi connectivity index (χ0v) is 11.6. The van der Waals surface area contributed by atoms with Gasteiger partial charge in [-0.15, -0.1) is 0 Å². The average molecular weight is 292 g/mol. The molecule has 1 N–H and O–H groups in total. The molecule has 0 bridgehead atoms. The molecule has 2 amide bonds. The molecule has 1 aliphatic heterocycles. The Morgan fingerprint density at radius 1 is 1.50 bits per heavy atom. The van der Waals surface area contributed by atoms with Crippen LogP contribution in [-0.2, 0) is 17.8 Å². The molecule has 8 heteroatoms. The van der Waals surface area contributed by atoms with Crippen molar-refractivity contribution >= 4 is 28.3 Å². The molecule has 1 aliphatic rings. The highest BCUT2D eigenvalue weighted by atomic mass is 32.1. The van der Waals surface area contributed by atoms with E-state index in [1.807, 2.05) is 0 Å². The molecule has 0 unspecified atom stereocenters. The molecule has 0 saturated heterocycles. The van der Waals surface area contributed by atoms with Crippen molar-refractivity contribution in [2.75, 3.05) is 11.9 Å². The number of hydrogen-bond donors (Lipinski definition) is 1. The predicted octanol–water partition coefficient (Wildman–Crippen LogP) is 1.29. The van der Waals surface area contributed by atoms with Crippen LogP contribution in [0.3, 0.4) is 0 Å². The van der Waals surface area contributed by atoms with Crippen molar-refractivity contribution in [3.8, 4) is 0 Å². The summed E-state index contributed by atoms with van der Waals surface area (Å²) in [6.07, 6.45) is 2.12. The van der Waals surface area contributed by atoms with Crippen molar-refractivity contribution in [2.24, 2.45) is 0 Å². The lowest BCUT2D eigenvalue weighted by Crippen LogP contribution is -2.35. The molecule has 0 aliphatic carbocycles. The second-order valence-corrected chi connectivity index (χ2v) is 5.51. The summed E-state index contributed by atoms with van der Waals surface area (Å²) in [5, 5.41) is 6.79. The monoisotopic (exact) mass is 292 g/mol. The summed E-state index contributed by atoms with van der Waals surface area (Å²) in [4.78, 5) is 30.2. The van der Waals surface area contributed by atoms with Crippen molar-refractivity contribution in [3.05, 3.63) is 28.6 Å². The number of nitrogens with one attached hydrogen (secondary N) is 1. The van der Waals surface area contributed by atoms with Crippen LogP contribution in [0.2, 0.25) is 0 Å². The standard InChI is InChI=1S/C12H12N4O3S/c1-7(17)14-12-15-8-3-5-16(6-10(8)20-12)11(18)9-2-4-13-19-9/h2,4H,3,5-6H2,1H3,(H,14,15,17). The van der Waals surface area contributed by atoms with Gasteiger partial charge in [-0.3, -0.25) is 9.59 Å². The Hall–Kier alpha value is -2.22. The maximum Gasteiger partial charge on any atom is 0.292 e. The first-order valence-corrected chi connectivity index (χ1v) is 6.91. The predicted molar refractivity (Wildman–Crippen MR) is 71.4 cm³/mol. The molecule has 7 nitrogen and oxygen atoms in total. The van der Waals surface area contributed by atoms with Gasteiger partial charge in [0, 0.05) is 30.8 Å². The summed E-state index contributed by atoms with van der Waals surface area (Å²) in [5.74, 6) is -0.0895. The molecule has 0 aromatic carbocycles. The smallest absolute Gasteiger partial charge is 0.292 e. The van der Waals surface area contributed by atoms with Crippen LogP contribution < -0.4 is 5.32 Å². The Kier molecular flexibility index (Phi) is 3.23. The van der Waals surface area contributed by atoms with Crippen molar-refractivity contribution in [1.29, 1.82) is 0 Å². The fraction of sp³-hybridized carbons (Fsp3) is 0.333. The van der Waals surface area contributed by atoms with Gasteiger partial charge in [0.05, 0.1) is 18.4 Å². The number of aromatic nitrogens is 2. The van der Waals surface area contributed by atoms with E-state index in [9.17, 15) is 9.59 Å². The third kappa shape index (κ3) is 2.42. The Morgan fingerprint density at radius 2 is 2.35 bits per heavy atom. The molecule has 2 aromatic rings. The van der Waals surface area contributed by atoms with Crippen LogP contribution in [0.4, 0.5) is 5.13 Å². The van der Waals surface area contributed by atoms with Crippen molar-refractivity contribution < 1.29 is 14.1 Å². The van der Waals surface area contributed by atoms with Crippen LogP contribution in [0.1, 0.15) is 28.0 Å². The zero-order chi connectivity index (χ0) is 14.1. The van der Waals surface area contributed by atoms with E-state index in [0.717, 1.165) is 10.6 Å². The fourth-order valence-corrected chi connectivity index (χ4v) is 3.12. The second kappa shape index (κ2) is 5.04. The Bertz CT molecular complexity index is 650. The molecule has 0 saturated carbocycles. The quantitative estimate of drug-likeness (QED) is 0.901. The first kappa shape index (κ1) is 12.8. The van der Waals surface area contributed by atoms with Gasteiger partial charge < -0.3 is 14.7 Å². The molecule has 3 heterocycles. The van der Waals surface area contributed by atoms with Crippen molar-refractivity contribution in [3.63, 3.8) is 0 Å². The highest BCUT2D eigenvalue weighted by Gasteiger charge is 2.26. The van der Waals surface area contributed by atoms with Crippen molar-refractivity contribution in [2.45, 2.75) is 19.9 Å². The van der Waals surface area contributed by atoms with Crippen LogP contribution >= 0.6 is 11.3 Å². The van der Waals surface area contributed by atoms with Gasteiger partial charge in [-0.05, 0) is 0 Å². The number of thiazole rings is 1. The number of anilines is 1. The molecular formula is C12H12N4O3S. The molecule has 2 aromatic heterocycles. The number of amides is 2. The van der Waals surface area contributed by atoms with E-state index in [4.69, 9.17) is 4.52 Å². The Balaban J connectivity index is 1.76. The molecule has 0 radical (unpaired) electrons. The lowest BCUT2D eigenvalue weighted by Gasteiger charge is -2.24. The highest BCUT2D eigenvalue weighted by molar-refractivity contribution is 7.15. The van der Waals surface area contributed by atoms with E-state index in [1.165, 1.54) is 24.5 Å². The normalized spacial score (nSPS) is 13.9. The van der Waals surface area contributed by atoms with Crippen LogP contribution in [-0.4, -0.2) is 33.4 Å². The first-order valence-electron chi connectivity index (χ1n) is 6.09. The van der Waals surface area contributed by atoms with Crippen LogP contribution in [0.25, 0.3) is 0 Å². The lowest BCUT2D eigenvalue weighted by molar-refractivity contribution is -0.114. The summed E-state index contributed by atoms with van der Waals surface area (Å²) < 4.78 is 4.88. The summed E-state index contributed by atoms with van der Waals surface area (Å²) in [6, 6.07) is 1.55. The molecule has 0 atom stereocenters. The third-order valence-electron chi connectivity index (χ3n) is 2.95. The number of carbonyl (C=O) groups is 2. The number of fused-ring (bicyclic) bond motifs is 1. The molecule has 0 spiro atoms. The van der Waals surface area contributed by atoms with Crippen LogP contribution in [0.5, 0.6) is 0 Å². The summed E-state index contributed by atoms with van der Waals surface area (Å²) in [7, 11) is 0. The highest BCUT2D eigenvalue weighted by Crippen LogP contribution is 2.28. The zero-order valence-electron chi connectivity index (χ0n) is 10.8. The Morgan fingerprint density at radius 3 is 3.05 bits per heavy atom. The first-order chi connectivity index (χ1) is 9.63. The van der Waals surface area contributed by atoms with E-state index < -0.39 is 0 Å². The van der Waals surface area contributed by atoms with Gasteiger partial charge in [0.1, 0.15) is 0 Å².